The fraction of sp³-hybridized carbons (Fsp3) is 0.571. The molecule has 96 valence electrons. The van der Waals surface area contributed by atoms with Crippen LogP contribution >= 0.6 is 22.6 Å². The first-order chi connectivity index (χ1) is 8.79. The van der Waals surface area contributed by atoms with Crippen LogP contribution in [0.25, 0.3) is 0 Å². The fourth-order valence-corrected chi connectivity index (χ4v) is 4.12. The zero-order chi connectivity index (χ0) is 12.1. The van der Waals surface area contributed by atoms with Gasteiger partial charge in [-0.05, 0) is 54.0 Å². The van der Waals surface area contributed by atoms with Crippen LogP contribution in [-0.4, -0.2) is 42.1 Å². The molecule has 2 bridgehead atoms. The highest BCUT2D eigenvalue weighted by atomic mass is 127. The van der Waals surface area contributed by atoms with Crippen LogP contribution in [-0.2, 0) is 4.74 Å². The number of hydrogen-bond acceptors (Lipinski definition) is 3. The average molecular weight is 356 g/mol. The smallest absolute Gasteiger partial charge is 0.144 e. The van der Waals surface area contributed by atoms with Gasteiger partial charge in [0.15, 0.2) is 0 Å². The lowest BCUT2D eigenvalue weighted by atomic mass is 9.95. The number of halogens is 1. The lowest BCUT2D eigenvalue weighted by molar-refractivity contribution is 0.167. The molecule has 0 radical (unpaired) electrons. The van der Waals surface area contributed by atoms with Gasteiger partial charge in [0, 0.05) is 40.7 Å². The van der Waals surface area contributed by atoms with E-state index in [0.717, 1.165) is 18.3 Å². The van der Waals surface area contributed by atoms with Crippen molar-refractivity contribution in [3.63, 3.8) is 0 Å². The Hall–Kier alpha value is -0.490. The monoisotopic (exact) mass is 356 g/mol. The van der Waals surface area contributed by atoms with E-state index in [1.54, 1.807) is 0 Å². The summed E-state index contributed by atoms with van der Waals surface area (Å²) in [6.45, 7) is 4.58. The number of hydrogen-bond donors (Lipinski definition) is 0. The number of piperidine rings is 1. The van der Waals surface area contributed by atoms with Crippen LogP contribution in [0, 0.1) is 5.92 Å². The van der Waals surface area contributed by atoms with E-state index in [2.05, 4.69) is 50.9 Å². The van der Waals surface area contributed by atoms with Crippen LogP contribution in [0.15, 0.2) is 33.4 Å². The first-order valence-electron chi connectivity index (χ1n) is 6.71. The van der Waals surface area contributed by atoms with Crippen molar-refractivity contribution in [2.24, 2.45) is 5.92 Å². The summed E-state index contributed by atoms with van der Waals surface area (Å²) >= 11 is 2.38. The molecule has 2 saturated heterocycles. The number of nitrogens with zero attached hydrogens (tertiary/aromatic N) is 2. The second-order valence-corrected chi connectivity index (χ2v) is 6.97. The maximum Gasteiger partial charge on any atom is 0.144 e. The third-order valence-corrected chi connectivity index (χ3v) is 5.35. The Morgan fingerprint density at radius 3 is 3.17 bits per heavy atom. The third-order valence-electron chi connectivity index (χ3n) is 4.46. The van der Waals surface area contributed by atoms with Gasteiger partial charge in [-0.25, -0.2) is 0 Å². The van der Waals surface area contributed by atoms with Crippen molar-refractivity contribution in [3.8, 4) is 0 Å². The van der Waals surface area contributed by atoms with Crippen molar-refractivity contribution in [1.29, 1.82) is 0 Å². The van der Waals surface area contributed by atoms with Gasteiger partial charge in [0.2, 0.25) is 0 Å². The third kappa shape index (κ3) is 1.81. The molecule has 0 aliphatic carbocycles. The summed E-state index contributed by atoms with van der Waals surface area (Å²) in [6.07, 6.45) is 9.39. The maximum atomic E-state index is 5.73. The Balaban J connectivity index is 1.55. The summed E-state index contributed by atoms with van der Waals surface area (Å²) in [5.74, 6) is 1.98. The molecule has 2 fully saturated rings. The minimum absolute atomic E-state index is 0.637. The summed E-state index contributed by atoms with van der Waals surface area (Å²) in [6, 6.07) is 0.637. The largest absolute Gasteiger partial charge is 0.486 e. The molecule has 4 aliphatic heterocycles. The number of rotatable bonds is 1. The standard InChI is InChI=1S/C14H17IN2O/c15-13-9-18-14-8-17(4-2-12(13)14)11-5-10-1-3-16(6-10)7-11/h2,4,8,10-11H,1,3,5-7,9H2/t10-,11-/m1/s1. The Kier molecular flexibility index (Phi) is 2.69. The van der Waals surface area contributed by atoms with E-state index in [1.807, 2.05) is 0 Å². The van der Waals surface area contributed by atoms with E-state index in [-0.39, 0.29) is 0 Å². The summed E-state index contributed by atoms with van der Waals surface area (Å²) in [5.41, 5.74) is 1.28. The van der Waals surface area contributed by atoms with Gasteiger partial charge in [0.1, 0.15) is 12.4 Å². The molecule has 1 unspecified atom stereocenters. The fourth-order valence-electron chi connectivity index (χ4n) is 3.52. The first kappa shape index (κ1) is 11.3. The van der Waals surface area contributed by atoms with Crippen molar-refractivity contribution < 1.29 is 4.74 Å². The van der Waals surface area contributed by atoms with Crippen LogP contribution in [0.5, 0.6) is 0 Å². The van der Waals surface area contributed by atoms with Gasteiger partial charge in [0.05, 0.1) is 0 Å². The van der Waals surface area contributed by atoms with Gasteiger partial charge < -0.3 is 14.5 Å². The molecule has 3 nitrogen and oxygen atoms in total. The van der Waals surface area contributed by atoms with Crippen molar-refractivity contribution in [2.45, 2.75) is 18.9 Å². The van der Waals surface area contributed by atoms with Gasteiger partial charge in [-0.3, -0.25) is 0 Å². The van der Waals surface area contributed by atoms with Crippen LogP contribution < -0.4 is 0 Å². The molecular formula is C14H17IN2O. The van der Waals surface area contributed by atoms with Crippen molar-refractivity contribution in [2.75, 3.05) is 26.2 Å². The molecule has 4 rings (SSSR count). The van der Waals surface area contributed by atoms with Gasteiger partial charge in [-0.1, -0.05) is 0 Å². The Morgan fingerprint density at radius 2 is 2.28 bits per heavy atom. The molecule has 4 heterocycles. The second-order valence-electron chi connectivity index (χ2n) is 5.67. The predicted molar refractivity (Wildman–Crippen MR) is 79.0 cm³/mol. The molecule has 4 heteroatoms. The molecule has 0 amide bonds. The van der Waals surface area contributed by atoms with Gasteiger partial charge in [-0.2, -0.15) is 0 Å². The quantitative estimate of drug-likeness (QED) is 0.672. The lowest BCUT2D eigenvalue weighted by Crippen LogP contribution is -2.43. The maximum absolute atomic E-state index is 5.73. The highest BCUT2D eigenvalue weighted by Gasteiger charge is 2.35. The normalized spacial score (nSPS) is 37.7. The van der Waals surface area contributed by atoms with E-state index in [0.29, 0.717) is 6.04 Å². The molecule has 0 spiro atoms. The SMILES string of the molecule is IC1=C2C=CN([C@@H]3C[C@H]4CCN(C4)C3)C=C2OC1. The molecule has 18 heavy (non-hydrogen) atoms. The van der Waals surface area contributed by atoms with E-state index in [4.69, 9.17) is 4.74 Å². The molecule has 0 aromatic heterocycles. The molecule has 0 aromatic carbocycles. The molecule has 4 aliphatic rings. The predicted octanol–water partition coefficient (Wildman–Crippen LogP) is 2.47. The molecule has 0 saturated carbocycles. The summed E-state index contributed by atoms with van der Waals surface area (Å²) < 4.78 is 7.05. The Bertz CT molecular complexity index is 456. The lowest BCUT2D eigenvalue weighted by Gasteiger charge is -2.37. The number of fused-ring (bicyclic) bond motifs is 3. The van der Waals surface area contributed by atoms with Crippen LogP contribution in [0.3, 0.4) is 0 Å². The van der Waals surface area contributed by atoms with Crippen molar-refractivity contribution in [1.82, 2.24) is 9.80 Å². The summed E-state index contributed by atoms with van der Waals surface area (Å²) in [5, 5.41) is 0. The molecular weight excluding hydrogens is 339 g/mol. The topological polar surface area (TPSA) is 15.7 Å². The molecule has 0 aromatic rings. The van der Waals surface area contributed by atoms with Gasteiger partial charge in [-0.15, -0.1) is 0 Å². The minimum atomic E-state index is 0.637. The van der Waals surface area contributed by atoms with Gasteiger partial charge >= 0.3 is 0 Å². The summed E-state index contributed by atoms with van der Waals surface area (Å²) in [7, 11) is 0. The van der Waals surface area contributed by atoms with E-state index in [9.17, 15) is 0 Å². The zero-order valence-corrected chi connectivity index (χ0v) is 12.5. The second kappa shape index (κ2) is 4.27. The highest BCUT2D eigenvalue weighted by molar-refractivity contribution is 14.1. The van der Waals surface area contributed by atoms with Crippen LogP contribution in [0.1, 0.15) is 12.8 Å². The van der Waals surface area contributed by atoms with Crippen LogP contribution in [0.2, 0.25) is 0 Å². The first-order valence-corrected chi connectivity index (χ1v) is 7.79. The van der Waals surface area contributed by atoms with E-state index in [1.165, 1.54) is 41.6 Å². The van der Waals surface area contributed by atoms with Gasteiger partial charge in [0.25, 0.3) is 0 Å². The minimum Gasteiger partial charge on any atom is -0.486 e. The number of ether oxygens (including phenoxy) is 1. The zero-order valence-electron chi connectivity index (χ0n) is 10.3. The number of allylic oxidation sites excluding steroid dienone is 1. The highest BCUT2D eigenvalue weighted by Crippen LogP contribution is 2.35. The Labute approximate surface area is 121 Å². The molecule has 0 N–H and O–H groups in total. The molecule has 3 atom stereocenters. The van der Waals surface area contributed by atoms with E-state index < -0.39 is 0 Å². The van der Waals surface area contributed by atoms with Crippen molar-refractivity contribution >= 4 is 22.6 Å². The average Bonchev–Trinajstić information content (AvgIpc) is 2.93. The Morgan fingerprint density at radius 1 is 1.33 bits per heavy atom. The van der Waals surface area contributed by atoms with E-state index >= 15 is 0 Å². The van der Waals surface area contributed by atoms with Crippen molar-refractivity contribution in [3.05, 3.63) is 33.4 Å². The van der Waals surface area contributed by atoms with Crippen LogP contribution in [0.4, 0.5) is 0 Å². The summed E-state index contributed by atoms with van der Waals surface area (Å²) in [4.78, 5) is 4.98.